The van der Waals surface area contributed by atoms with Crippen LogP contribution in [0.15, 0.2) is 0 Å². The van der Waals surface area contributed by atoms with Crippen molar-refractivity contribution in [3.63, 3.8) is 0 Å². The van der Waals surface area contributed by atoms with Gasteiger partial charge in [-0.3, -0.25) is 4.79 Å². The Morgan fingerprint density at radius 3 is 2.84 bits per heavy atom. The van der Waals surface area contributed by atoms with E-state index in [1.807, 2.05) is 0 Å². The molecule has 5 N–H and O–H groups in total. The van der Waals surface area contributed by atoms with E-state index in [2.05, 4.69) is 11.8 Å². The van der Waals surface area contributed by atoms with Crippen molar-refractivity contribution < 1.29 is 9.90 Å². The zero-order valence-electron chi connectivity index (χ0n) is 11.6. The van der Waals surface area contributed by atoms with Gasteiger partial charge in [0.25, 0.3) is 0 Å². The lowest BCUT2D eigenvalue weighted by Gasteiger charge is -2.03. The summed E-state index contributed by atoms with van der Waals surface area (Å²) in [5, 5.41) is 8.33. The largest absolute Gasteiger partial charge is 0.480 e. The highest BCUT2D eigenvalue weighted by molar-refractivity contribution is 5.72. The minimum absolute atomic E-state index is 0.520. The first-order valence-electron chi connectivity index (χ1n) is 7.32. The molecule has 2 aliphatic rings. The van der Waals surface area contributed by atoms with E-state index in [4.69, 9.17) is 16.6 Å². The molecule has 4 heteroatoms. The summed E-state index contributed by atoms with van der Waals surface area (Å²) in [4.78, 5) is 10.1. The van der Waals surface area contributed by atoms with Crippen LogP contribution in [0.5, 0.6) is 0 Å². The molecule has 2 rings (SSSR count). The van der Waals surface area contributed by atoms with E-state index in [9.17, 15) is 4.79 Å². The summed E-state index contributed by atoms with van der Waals surface area (Å²) in [6.07, 6.45) is 8.96. The second-order valence-electron chi connectivity index (χ2n) is 5.40. The summed E-state index contributed by atoms with van der Waals surface area (Å²) in [5.41, 5.74) is 10.4. The van der Waals surface area contributed by atoms with Gasteiger partial charge in [0.05, 0.1) is 0 Å². The van der Waals surface area contributed by atoms with E-state index in [0.717, 1.165) is 31.1 Å². The highest BCUT2D eigenvalue weighted by atomic mass is 16.4. The molecule has 4 nitrogen and oxygen atoms in total. The summed E-state index contributed by atoms with van der Waals surface area (Å²) >= 11 is 0. The molecule has 3 atom stereocenters. The molecule has 108 valence electrons. The summed E-state index contributed by atoms with van der Waals surface area (Å²) in [7, 11) is 0. The molecule has 19 heavy (non-hydrogen) atoms. The number of carbonyl (C=O) groups is 1. The first kappa shape index (κ1) is 16.0. The molecule has 0 spiro atoms. The molecular formula is C15H26N2O2. The van der Waals surface area contributed by atoms with E-state index < -0.39 is 12.0 Å². The molecule has 1 fully saturated rings. The van der Waals surface area contributed by atoms with E-state index in [-0.39, 0.29) is 0 Å². The van der Waals surface area contributed by atoms with Gasteiger partial charge in [-0.05, 0) is 44.6 Å². The van der Waals surface area contributed by atoms with Crippen molar-refractivity contribution in [3.8, 4) is 11.8 Å². The zero-order valence-corrected chi connectivity index (χ0v) is 11.6. The van der Waals surface area contributed by atoms with Crippen molar-refractivity contribution >= 4 is 5.97 Å². The molecule has 0 radical (unpaired) electrons. The number of carboxylic acids is 1. The number of fused-ring (bicyclic) bond motifs is 1. The Hall–Kier alpha value is -1.05. The number of carboxylic acid groups (broad SMARTS) is 1. The minimum atomic E-state index is -0.933. The van der Waals surface area contributed by atoms with Crippen molar-refractivity contribution in [2.45, 2.75) is 57.4 Å². The fourth-order valence-electron chi connectivity index (χ4n) is 2.20. The molecule has 0 amide bonds. The molecule has 0 aromatic rings. The maximum absolute atomic E-state index is 10.1. The van der Waals surface area contributed by atoms with Gasteiger partial charge in [0.15, 0.2) is 0 Å². The number of rotatable bonds is 5. The van der Waals surface area contributed by atoms with Gasteiger partial charge in [-0.2, -0.15) is 0 Å². The zero-order chi connectivity index (χ0) is 14.1. The van der Waals surface area contributed by atoms with Gasteiger partial charge in [-0.15, -0.1) is 5.92 Å². The Labute approximate surface area is 115 Å². The Balaban J connectivity index is 0.000000190. The standard InChI is InChI=1S/C9H12.C6H14N2O2/c1-2-4-6-9-7-8(9)5-3-1;7-4-2-1-3-5(8)6(9)10/h8-9H,1-3,5,7H2;5H,1-4,7-8H2,(H,9,10)/t;5-/m.0/s1. The second-order valence-corrected chi connectivity index (χ2v) is 5.40. The van der Waals surface area contributed by atoms with Crippen molar-refractivity contribution in [2.75, 3.05) is 6.54 Å². The summed E-state index contributed by atoms with van der Waals surface area (Å²) in [6.45, 7) is 0.604. The summed E-state index contributed by atoms with van der Waals surface area (Å²) < 4.78 is 0. The predicted molar refractivity (Wildman–Crippen MR) is 76.4 cm³/mol. The molecule has 0 heterocycles. The first-order valence-corrected chi connectivity index (χ1v) is 7.32. The van der Waals surface area contributed by atoms with E-state index in [0.29, 0.717) is 13.0 Å². The van der Waals surface area contributed by atoms with Gasteiger partial charge in [0, 0.05) is 12.3 Å². The number of nitrogens with two attached hydrogens (primary N) is 2. The van der Waals surface area contributed by atoms with Crippen molar-refractivity contribution in [1.29, 1.82) is 0 Å². The highest BCUT2D eigenvalue weighted by Crippen LogP contribution is 2.42. The van der Waals surface area contributed by atoms with Gasteiger partial charge < -0.3 is 16.6 Å². The first-order chi connectivity index (χ1) is 9.15. The molecule has 0 aliphatic heterocycles. The van der Waals surface area contributed by atoms with Gasteiger partial charge in [0.2, 0.25) is 0 Å². The van der Waals surface area contributed by atoms with Crippen LogP contribution in [0.4, 0.5) is 0 Å². The number of unbranched alkanes of at least 4 members (excludes halogenated alkanes) is 1. The molecule has 2 unspecified atom stereocenters. The third-order valence-electron chi connectivity index (χ3n) is 3.62. The van der Waals surface area contributed by atoms with Crippen LogP contribution in [-0.2, 0) is 4.79 Å². The van der Waals surface area contributed by atoms with Crippen LogP contribution < -0.4 is 11.5 Å². The maximum Gasteiger partial charge on any atom is 0.320 e. The Morgan fingerprint density at radius 2 is 2.16 bits per heavy atom. The number of aliphatic carboxylic acids is 1. The topological polar surface area (TPSA) is 89.3 Å². The Morgan fingerprint density at radius 1 is 1.37 bits per heavy atom. The Kier molecular flexibility index (Phi) is 7.54. The minimum Gasteiger partial charge on any atom is -0.480 e. The van der Waals surface area contributed by atoms with Crippen LogP contribution >= 0.6 is 0 Å². The number of hydrogen-bond acceptors (Lipinski definition) is 3. The fourth-order valence-corrected chi connectivity index (χ4v) is 2.20. The van der Waals surface area contributed by atoms with Crippen molar-refractivity contribution in [1.82, 2.24) is 0 Å². The second kappa shape index (κ2) is 8.95. The van der Waals surface area contributed by atoms with Gasteiger partial charge in [-0.1, -0.05) is 18.8 Å². The quantitative estimate of drug-likeness (QED) is 0.522. The molecular weight excluding hydrogens is 240 g/mol. The SMILES string of the molecule is C1#CC2CC2CCCC1.NCCCC[C@H](N)C(=O)O. The van der Waals surface area contributed by atoms with E-state index in [1.165, 1.54) is 25.7 Å². The maximum atomic E-state index is 10.1. The Bertz CT molecular complexity index is 333. The van der Waals surface area contributed by atoms with E-state index >= 15 is 0 Å². The van der Waals surface area contributed by atoms with Crippen LogP contribution in [0.25, 0.3) is 0 Å². The van der Waals surface area contributed by atoms with Crippen LogP contribution in [0.1, 0.15) is 51.4 Å². The fraction of sp³-hybridized carbons (Fsp3) is 0.800. The smallest absolute Gasteiger partial charge is 0.320 e. The number of hydrogen-bond donors (Lipinski definition) is 3. The van der Waals surface area contributed by atoms with Crippen molar-refractivity contribution in [3.05, 3.63) is 0 Å². The monoisotopic (exact) mass is 266 g/mol. The molecule has 0 saturated heterocycles. The highest BCUT2D eigenvalue weighted by Gasteiger charge is 2.34. The molecule has 2 aliphatic carbocycles. The summed E-state index contributed by atoms with van der Waals surface area (Å²) in [6, 6.07) is -0.716. The third kappa shape index (κ3) is 7.19. The molecule has 0 aromatic heterocycles. The van der Waals surface area contributed by atoms with Gasteiger partial charge in [0.1, 0.15) is 6.04 Å². The average Bonchev–Trinajstić information content (AvgIpc) is 3.07. The van der Waals surface area contributed by atoms with Gasteiger partial charge >= 0.3 is 5.97 Å². The average molecular weight is 266 g/mol. The lowest BCUT2D eigenvalue weighted by molar-refractivity contribution is -0.138. The van der Waals surface area contributed by atoms with Crippen LogP contribution in [0.2, 0.25) is 0 Å². The molecule has 0 bridgehead atoms. The molecule has 0 aromatic carbocycles. The third-order valence-corrected chi connectivity index (χ3v) is 3.62. The van der Waals surface area contributed by atoms with Crippen LogP contribution in [0.3, 0.4) is 0 Å². The lowest BCUT2D eigenvalue weighted by atomic mass is 10.1. The lowest BCUT2D eigenvalue weighted by Crippen LogP contribution is -2.29. The van der Waals surface area contributed by atoms with Crippen LogP contribution in [-0.4, -0.2) is 23.7 Å². The predicted octanol–water partition coefficient (Wildman–Crippen LogP) is 1.73. The summed E-state index contributed by atoms with van der Waals surface area (Å²) in [5.74, 6) is 7.44. The van der Waals surface area contributed by atoms with Gasteiger partial charge in [-0.25, -0.2) is 0 Å². The van der Waals surface area contributed by atoms with Crippen LogP contribution in [0, 0.1) is 23.7 Å². The molecule has 1 saturated carbocycles. The van der Waals surface area contributed by atoms with Crippen molar-refractivity contribution in [2.24, 2.45) is 23.3 Å². The van der Waals surface area contributed by atoms with E-state index in [1.54, 1.807) is 0 Å². The normalized spacial score (nSPS) is 25.4.